The first-order valence-electron chi connectivity index (χ1n) is 18.0. The third kappa shape index (κ3) is 6.97. The Bertz CT molecular complexity index is 1100. The second-order valence-corrected chi connectivity index (χ2v) is 16.6. The van der Waals surface area contributed by atoms with Gasteiger partial charge in [0.2, 0.25) is 0 Å². The smallest absolute Gasteiger partial charge is 0.306 e. The van der Waals surface area contributed by atoms with Crippen LogP contribution in [0.1, 0.15) is 130 Å². The zero-order valence-electron chi connectivity index (χ0n) is 28.4. The maximum Gasteiger partial charge on any atom is 0.306 e. The molecule has 4 saturated carbocycles. The summed E-state index contributed by atoms with van der Waals surface area (Å²) in [5, 5.41) is 9.91. The highest BCUT2D eigenvalue weighted by atomic mass is 17.1. The van der Waals surface area contributed by atoms with E-state index in [2.05, 4.69) is 34.6 Å². The van der Waals surface area contributed by atoms with Gasteiger partial charge in [0.15, 0.2) is 0 Å². The Balaban J connectivity index is 1.14. The standard InChI is InChI=1S/C38H62N2O4/c1-24(2)7-6-8-25(3)32-11-12-33-31-10-9-28-21-27(15-17-37(28,4)34(31)16-18-38(32,33)5)35(44-42)13-14-36(41)43-23-26-19-29(39)22-30(40)20-26/h19-20,22,24-25,27-28,31-35,42H,6-18,21,23,39-40H2,1-5H3. The van der Waals surface area contributed by atoms with Crippen LogP contribution in [0.25, 0.3) is 0 Å². The average Bonchev–Trinajstić information content (AvgIpc) is 3.33. The van der Waals surface area contributed by atoms with E-state index >= 15 is 0 Å². The first-order chi connectivity index (χ1) is 20.9. The molecule has 1 aromatic rings. The summed E-state index contributed by atoms with van der Waals surface area (Å²) >= 11 is 0. The summed E-state index contributed by atoms with van der Waals surface area (Å²) in [5.41, 5.74) is 14.5. The minimum Gasteiger partial charge on any atom is -0.461 e. The van der Waals surface area contributed by atoms with Crippen LogP contribution in [0.3, 0.4) is 0 Å². The predicted molar refractivity (Wildman–Crippen MR) is 178 cm³/mol. The fraction of sp³-hybridized carbons (Fsp3) is 0.816. The van der Waals surface area contributed by atoms with Gasteiger partial charge in [-0.05, 0) is 146 Å². The summed E-state index contributed by atoms with van der Waals surface area (Å²) in [7, 11) is 0. The lowest BCUT2D eigenvalue weighted by atomic mass is 9.43. The summed E-state index contributed by atoms with van der Waals surface area (Å²) < 4.78 is 5.49. The molecule has 0 radical (unpaired) electrons. The number of benzene rings is 1. The Morgan fingerprint density at radius 2 is 1.61 bits per heavy atom. The zero-order valence-corrected chi connectivity index (χ0v) is 28.4. The van der Waals surface area contributed by atoms with Crippen molar-refractivity contribution in [3.63, 3.8) is 0 Å². The number of hydrogen-bond acceptors (Lipinski definition) is 6. The normalized spacial score (nSPS) is 36.2. The average molecular weight is 611 g/mol. The molecule has 5 N–H and O–H groups in total. The van der Waals surface area contributed by atoms with E-state index in [0.717, 1.165) is 53.9 Å². The summed E-state index contributed by atoms with van der Waals surface area (Å²) in [6, 6.07) is 5.22. The van der Waals surface area contributed by atoms with Crippen molar-refractivity contribution < 1.29 is 19.7 Å². The molecule has 4 fully saturated rings. The van der Waals surface area contributed by atoms with Crippen molar-refractivity contribution in [3.8, 4) is 0 Å². The number of carbonyl (C=O) groups excluding carboxylic acids is 1. The van der Waals surface area contributed by atoms with Crippen molar-refractivity contribution in [2.75, 3.05) is 11.5 Å². The summed E-state index contributed by atoms with van der Waals surface area (Å²) in [4.78, 5) is 17.6. The van der Waals surface area contributed by atoms with E-state index in [1.807, 2.05) is 0 Å². The van der Waals surface area contributed by atoms with Gasteiger partial charge in [0.25, 0.3) is 0 Å². The van der Waals surface area contributed by atoms with Gasteiger partial charge in [-0.3, -0.25) is 10.1 Å². The van der Waals surface area contributed by atoms with Crippen LogP contribution in [0.4, 0.5) is 11.4 Å². The molecule has 6 nitrogen and oxygen atoms in total. The first-order valence-corrected chi connectivity index (χ1v) is 18.0. The van der Waals surface area contributed by atoms with E-state index in [9.17, 15) is 10.1 Å². The van der Waals surface area contributed by atoms with Crippen LogP contribution in [-0.2, 0) is 21.0 Å². The lowest BCUT2D eigenvalue weighted by Crippen LogP contribution is -2.54. The molecule has 4 aliphatic carbocycles. The quantitative estimate of drug-likeness (QED) is 0.0942. The summed E-state index contributed by atoms with van der Waals surface area (Å²) in [6.07, 6.45) is 16.3. The number of esters is 1. The number of hydrogen-bond donors (Lipinski definition) is 3. The number of nitrogens with two attached hydrogens (primary N) is 2. The third-order valence-corrected chi connectivity index (χ3v) is 13.6. The lowest BCUT2D eigenvalue weighted by molar-refractivity contribution is -0.297. The number of rotatable bonds is 12. The summed E-state index contributed by atoms with van der Waals surface area (Å²) in [6.45, 7) is 12.7. The lowest BCUT2D eigenvalue weighted by Gasteiger charge is -2.61. The Kier molecular flexibility index (Phi) is 10.6. The molecule has 0 saturated heterocycles. The Labute approximate surface area is 267 Å². The molecule has 44 heavy (non-hydrogen) atoms. The van der Waals surface area contributed by atoms with Crippen molar-refractivity contribution in [1.29, 1.82) is 0 Å². The molecule has 6 heteroatoms. The largest absolute Gasteiger partial charge is 0.461 e. The zero-order chi connectivity index (χ0) is 31.6. The molecule has 1 aromatic carbocycles. The van der Waals surface area contributed by atoms with Crippen LogP contribution in [0.5, 0.6) is 0 Å². The minimum atomic E-state index is -0.324. The molecule has 0 heterocycles. The van der Waals surface area contributed by atoms with E-state index in [1.165, 1.54) is 64.2 Å². The van der Waals surface area contributed by atoms with Crippen molar-refractivity contribution in [2.45, 2.75) is 137 Å². The Hall–Kier alpha value is -1.79. The molecule has 10 unspecified atom stereocenters. The second-order valence-electron chi connectivity index (χ2n) is 16.6. The van der Waals surface area contributed by atoms with E-state index in [4.69, 9.17) is 21.1 Å². The first kappa shape index (κ1) is 33.6. The van der Waals surface area contributed by atoms with Crippen LogP contribution in [0.15, 0.2) is 18.2 Å². The number of ether oxygens (including phenoxy) is 1. The van der Waals surface area contributed by atoms with Gasteiger partial charge in [0.1, 0.15) is 6.61 Å². The number of carbonyl (C=O) groups is 1. The second kappa shape index (κ2) is 13.9. The molecule has 10 atom stereocenters. The van der Waals surface area contributed by atoms with Gasteiger partial charge in [-0.1, -0.05) is 53.9 Å². The van der Waals surface area contributed by atoms with E-state index < -0.39 is 0 Å². The predicted octanol–water partition coefficient (Wildman–Crippen LogP) is 9.27. The van der Waals surface area contributed by atoms with Crippen molar-refractivity contribution in [2.24, 2.45) is 58.2 Å². The van der Waals surface area contributed by atoms with Crippen molar-refractivity contribution >= 4 is 17.3 Å². The minimum absolute atomic E-state index is 0.142. The highest BCUT2D eigenvalue weighted by Crippen LogP contribution is 2.68. The maximum absolute atomic E-state index is 12.6. The monoisotopic (exact) mass is 610 g/mol. The number of fused-ring (bicyclic) bond motifs is 5. The summed E-state index contributed by atoms with van der Waals surface area (Å²) in [5.74, 6) is 5.87. The topological polar surface area (TPSA) is 108 Å². The molecule has 0 aromatic heterocycles. The molecule has 0 amide bonds. The van der Waals surface area contributed by atoms with Gasteiger partial charge in [-0.2, -0.15) is 0 Å². The molecule has 248 valence electrons. The fourth-order valence-corrected chi connectivity index (χ4v) is 11.4. The molecule has 5 rings (SSSR count). The highest BCUT2D eigenvalue weighted by molar-refractivity contribution is 5.69. The van der Waals surface area contributed by atoms with Crippen molar-refractivity contribution in [1.82, 2.24) is 0 Å². The van der Waals surface area contributed by atoms with Gasteiger partial charge in [-0.15, -0.1) is 0 Å². The van der Waals surface area contributed by atoms with Crippen LogP contribution >= 0.6 is 0 Å². The fourth-order valence-electron chi connectivity index (χ4n) is 11.4. The number of nitrogen functional groups attached to an aromatic ring is 2. The van der Waals surface area contributed by atoms with E-state index in [1.54, 1.807) is 18.2 Å². The molecule has 0 spiro atoms. The molecular weight excluding hydrogens is 548 g/mol. The van der Waals surface area contributed by atoms with Crippen molar-refractivity contribution in [3.05, 3.63) is 23.8 Å². The van der Waals surface area contributed by atoms with Gasteiger partial charge in [-0.25, -0.2) is 4.89 Å². The van der Waals surface area contributed by atoms with Crippen LogP contribution in [-0.4, -0.2) is 17.3 Å². The van der Waals surface area contributed by atoms with Crippen LogP contribution < -0.4 is 11.5 Å². The maximum atomic E-state index is 12.6. The van der Waals surface area contributed by atoms with Gasteiger partial charge in [0, 0.05) is 17.8 Å². The third-order valence-electron chi connectivity index (χ3n) is 13.6. The highest BCUT2D eigenvalue weighted by Gasteiger charge is 2.60. The molecule has 0 bridgehead atoms. The molecular formula is C38H62N2O4. The van der Waals surface area contributed by atoms with Gasteiger partial charge < -0.3 is 16.2 Å². The van der Waals surface area contributed by atoms with E-state index in [-0.39, 0.29) is 31.0 Å². The molecule has 0 aliphatic heterocycles. The van der Waals surface area contributed by atoms with Gasteiger partial charge >= 0.3 is 5.97 Å². The molecule has 4 aliphatic rings. The van der Waals surface area contributed by atoms with Crippen LogP contribution in [0.2, 0.25) is 0 Å². The van der Waals surface area contributed by atoms with Gasteiger partial charge in [0.05, 0.1) is 6.10 Å². The Morgan fingerprint density at radius 1 is 0.909 bits per heavy atom. The SMILES string of the molecule is CC(C)CCCC(C)C1CCC2C3CCC4CC(C(CCC(=O)OCc5cc(N)cc(N)c5)OO)CCC4(C)C3CCC12C. The van der Waals surface area contributed by atoms with E-state index in [0.29, 0.717) is 34.5 Å². The number of anilines is 2. The van der Waals surface area contributed by atoms with Crippen LogP contribution in [0, 0.1) is 58.2 Å². The Morgan fingerprint density at radius 3 is 2.32 bits per heavy atom.